The minimum Gasteiger partial charge on any atom is -0.330 e. The lowest BCUT2D eigenvalue weighted by Gasteiger charge is -2.29. The van der Waals surface area contributed by atoms with Crippen LogP contribution in [0.25, 0.3) is 0 Å². The van der Waals surface area contributed by atoms with E-state index in [1.54, 1.807) is 0 Å². The van der Waals surface area contributed by atoms with E-state index in [1.165, 1.54) is 5.56 Å². The highest BCUT2D eigenvalue weighted by Crippen LogP contribution is 2.11. The molecule has 2 unspecified atom stereocenters. The van der Waals surface area contributed by atoms with Crippen LogP contribution in [-0.2, 0) is 6.54 Å². The molecule has 1 aromatic rings. The predicted octanol–water partition coefficient (Wildman–Crippen LogP) is 1.50. The minimum absolute atomic E-state index is 0.503. The maximum Gasteiger partial charge on any atom is 0.0271 e. The summed E-state index contributed by atoms with van der Waals surface area (Å²) in [6.45, 7) is 6.10. The molecule has 0 bridgehead atoms. The van der Waals surface area contributed by atoms with E-state index >= 15 is 0 Å². The van der Waals surface area contributed by atoms with Gasteiger partial charge in [0.05, 0.1) is 0 Å². The van der Waals surface area contributed by atoms with E-state index in [0.29, 0.717) is 12.0 Å². The molecule has 0 radical (unpaired) electrons. The molecule has 0 fully saturated rings. The maximum absolute atomic E-state index is 5.67. The molecule has 3 heteroatoms. The Balaban J connectivity index is 2.52. The van der Waals surface area contributed by atoms with Gasteiger partial charge in [0.15, 0.2) is 0 Å². The Bertz CT molecular complexity index is 273. The first kappa shape index (κ1) is 12.1. The molecule has 0 aliphatic carbocycles. The molecule has 0 amide bonds. The third-order valence-corrected chi connectivity index (χ3v) is 3.07. The number of hydrogen-bond acceptors (Lipinski definition) is 3. The van der Waals surface area contributed by atoms with Gasteiger partial charge in [-0.2, -0.15) is 0 Å². The molecular weight excluding hydrogens is 186 g/mol. The largest absolute Gasteiger partial charge is 0.330 e. The number of nitrogens with two attached hydrogens (primary N) is 1. The van der Waals surface area contributed by atoms with Crippen molar-refractivity contribution in [3.63, 3.8) is 0 Å². The highest BCUT2D eigenvalue weighted by atomic mass is 15.1. The Morgan fingerprint density at radius 2 is 1.93 bits per heavy atom. The van der Waals surface area contributed by atoms with E-state index in [-0.39, 0.29) is 0 Å². The first-order chi connectivity index (χ1) is 7.15. The molecule has 0 saturated carbocycles. The lowest BCUT2D eigenvalue weighted by molar-refractivity contribution is 0.194. The molecule has 0 aromatic carbocycles. The second kappa shape index (κ2) is 5.83. The summed E-state index contributed by atoms with van der Waals surface area (Å²) in [6.07, 6.45) is 3.67. The summed E-state index contributed by atoms with van der Waals surface area (Å²) in [6, 6.07) is 4.61. The van der Waals surface area contributed by atoms with Crippen LogP contribution in [0.3, 0.4) is 0 Å². The number of rotatable bonds is 5. The zero-order valence-electron chi connectivity index (χ0n) is 9.85. The van der Waals surface area contributed by atoms with E-state index in [9.17, 15) is 0 Å². The highest BCUT2D eigenvalue weighted by molar-refractivity contribution is 5.09. The maximum atomic E-state index is 5.67. The van der Waals surface area contributed by atoms with Crippen LogP contribution in [0.1, 0.15) is 19.4 Å². The van der Waals surface area contributed by atoms with Gasteiger partial charge in [-0.1, -0.05) is 6.92 Å². The molecule has 1 rings (SSSR count). The van der Waals surface area contributed by atoms with E-state index < -0.39 is 0 Å². The van der Waals surface area contributed by atoms with Crippen LogP contribution in [-0.4, -0.2) is 29.5 Å². The van der Waals surface area contributed by atoms with Crippen molar-refractivity contribution in [2.45, 2.75) is 26.4 Å². The fourth-order valence-electron chi connectivity index (χ4n) is 1.55. The summed E-state index contributed by atoms with van der Waals surface area (Å²) in [5.74, 6) is 0.525. The van der Waals surface area contributed by atoms with Crippen molar-refractivity contribution < 1.29 is 0 Å². The average molecular weight is 207 g/mol. The van der Waals surface area contributed by atoms with Crippen LogP contribution in [0.4, 0.5) is 0 Å². The van der Waals surface area contributed by atoms with Gasteiger partial charge in [0.25, 0.3) is 0 Å². The molecule has 2 atom stereocenters. The Morgan fingerprint density at radius 1 is 1.33 bits per heavy atom. The number of aromatic nitrogens is 1. The monoisotopic (exact) mass is 207 g/mol. The van der Waals surface area contributed by atoms with Crippen LogP contribution >= 0.6 is 0 Å². The van der Waals surface area contributed by atoms with Gasteiger partial charge in [0.1, 0.15) is 0 Å². The van der Waals surface area contributed by atoms with Gasteiger partial charge in [0.2, 0.25) is 0 Å². The van der Waals surface area contributed by atoms with Crippen molar-refractivity contribution in [1.29, 1.82) is 0 Å². The van der Waals surface area contributed by atoms with Crippen LogP contribution in [0.5, 0.6) is 0 Å². The summed E-state index contributed by atoms with van der Waals surface area (Å²) in [4.78, 5) is 6.34. The van der Waals surface area contributed by atoms with Crippen molar-refractivity contribution in [1.82, 2.24) is 9.88 Å². The molecule has 2 N–H and O–H groups in total. The van der Waals surface area contributed by atoms with E-state index in [1.807, 2.05) is 12.4 Å². The second-order valence-electron chi connectivity index (χ2n) is 4.22. The van der Waals surface area contributed by atoms with Gasteiger partial charge in [0, 0.05) is 25.0 Å². The first-order valence-corrected chi connectivity index (χ1v) is 5.44. The lowest BCUT2D eigenvalue weighted by atomic mass is 10.0. The summed E-state index contributed by atoms with van der Waals surface area (Å²) >= 11 is 0. The molecule has 0 saturated heterocycles. The zero-order valence-corrected chi connectivity index (χ0v) is 9.85. The Kier molecular flexibility index (Phi) is 4.72. The zero-order chi connectivity index (χ0) is 11.3. The van der Waals surface area contributed by atoms with Crippen molar-refractivity contribution in [2.75, 3.05) is 13.6 Å². The molecule has 15 heavy (non-hydrogen) atoms. The van der Waals surface area contributed by atoms with Crippen molar-refractivity contribution in [2.24, 2.45) is 11.7 Å². The minimum atomic E-state index is 0.503. The van der Waals surface area contributed by atoms with Gasteiger partial charge in [-0.3, -0.25) is 9.88 Å². The molecule has 0 spiro atoms. The van der Waals surface area contributed by atoms with Crippen molar-refractivity contribution >= 4 is 0 Å². The summed E-state index contributed by atoms with van der Waals surface area (Å²) in [5.41, 5.74) is 6.96. The lowest BCUT2D eigenvalue weighted by Crippen LogP contribution is -2.37. The third-order valence-electron chi connectivity index (χ3n) is 3.07. The normalized spacial score (nSPS) is 15.3. The van der Waals surface area contributed by atoms with Gasteiger partial charge < -0.3 is 5.73 Å². The van der Waals surface area contributed by atoms with Crippen LogP contribution < -0.4 is 5.73 Å². The van der Waals surface area contributed by atoms with Crippen LogP contribution in [0, 0.1) is 5.92 Å². The predicted molar refractivity (Wildman–Crippen MR) is 63.4 cm³/mol. The van der Waals surface area contributed by atoms with Crippen molar-refractivity contribution in [3.8, 4) is 0 Å². The van der Waals surface area contributed by atoms with E-state index in [0.717, 1.165) is 13.1 Å². The molecular formula is C12H21N3. The fraction of sp³-hybridized carbons (Fsp3) is 0.583. The summed E-state index contributed by atoms with van der Waals surface area (Å²) < 4.78 is 0. The van der Waals surface area contributed by atoms with Gasteiger partial charge in [-0.05, 0) is 44.1 Å². The Labute approximate surface area is 92.3 Å². The molecule has 1 heterocycles. The Morgan fingerprint density at radius 3 is 2.47 bits per heavy atom. The fourth-order valence-corrected chi connectivity index (χ4v) is 1.55. The number of nitrogens with zero attached hydrogens (tertiary/aromatic N) is 2. The van der Waals surface area contributed by atoms with Crippen LogP contribution in [0.15, 0.2) is 24.5 Å². The van der Waals surface area contributed by atoms with E-state index in [2.05, 4.69) is 42.9 Å². The second-order valence-corrected chi connectivity index (χ2v) is 4.22. The van der Waals surface area contributed by atoms with Gasteiger partial charge >= 0.3 is 0 Å². The molecule has 3 nitrogen and oxygen atoms in total. The van der Waals surface area contributed by atoms with Crippen LogP contribution in [0.2, 0.25) is 0 Å². The van der Waals surface area contributed by atoms with Gasteiger partial charge in [-0.25, -0.2) is 0 Å². The topological polar surface area (TPSA) is 42.1 Å². The van der Waals surface area contributed by atoms with Crippen molar-refractivity contribution in [3.05, 3.63) is 30.1 Å². The van der Waals surface area contributed by atoms with Gasteiger partial charge in [-0.15, -0.1) is 0 Å². The molecule has 84 valence electrons. The smallest absolute Gasteiger partial charge is 0.0271 e. The molecule has 0 aliphatic heterocycles. The molecule has 0 aliphatic rings. The molecule has 1 aromatic heterocycles. The average Bonchev–Trinajstić information content (AvgIpc) is 2.28. The van der Waals surface area contributed by atoms with E-state index in [4.69, 9.17) is 5.73 Å². The standard InChI is InChI=1S/C12H21N3/c1-10(8-13)11(2)15(3)9-12-4-6-14-7-5-12/h4-7,10-11H,8-9,13H2,1-3H3. The highest BCUT2D eigenvalue weighted by Gasteiger charge is 2.15. The summed E-state index contributed by atoms with van der Waals surface area (Å²) in [5, 5.41) is 0. The number of pyridine rings is 1. The first-order valence-electron chi connectivity index (χ1n) is 5.44. The third kappa shape index (κ3) is 3.61. The number of hydrogen-bond donors (Lipinski definition) is 1. The SMILES string of the molecule is CC(CN)C(C)N(C)Cc1ccncc1. The summed E-state index contributed by atoms with van der Waals surface area (Å²) in [7, 11) is 2.14. The Hall–Kier alpha value is -0.930. The quantitative estimate of drug-likeness (QED) is 0.795.